The van der Waals surface area contributed by atoms with Gasteiger partial charge in [0.2, 0.25) is 0 Å². The van der Waals surface area contributed by atoms with Crippen molar-refractivity contribution in [2.75, 3.05) is 4.43 Å². The first-order chi connectivity index (χ1) is 4.68. The van der Waals surface area contributed by atoms with Crippen molar-refractivity contribution in [3.63, 3.8) is 0 Å². The number of unbranched alkanes of at least 4 members (excludes halogenated alkanes) is 2. The van der Waals surface area contributed by atoms with Gasteiger partial charge in [-0.25, -0.2) is 0 Å². The maximum absolute atomic E-state index is 3.68. The van der Waals surface area contributed by atoms with Crippen molar-refractivity contribution in [2.24, 2.45) is 5.92 Å². The molecule has 0 rings (SSSR count). The largest absolute Gasteiger partial charge is 0.343 e. The molecule has 0 radical (unpaired) electrons. The Bertz CT molecular complexity index is 44.8. The molecule has 0 aromatic heterocycles. The van der Waals surface area contributed by atoms with E-state index in [1.165, 1.54) is 17.3 Å². The first-order valence-corrected chi connectivity index (χ1v) is 5.56. The van der Waals surface area contributed by atoms with Crippen LogP contribution >= 0.6 is 22.6 Å². The zero-order chi connectivity index (χ0) is 8.41. The molecule has 0 amide bonds. The molecule has 0 aromatic rings. The van der Waals surface area contributed by atoms with E-state index in [1.807, 2.05) is 0 Å². The van der Waals surface area contributed by atoms with E-state index in [9.17, 15) is 0 Å². The zero-order valence-electron chi connectivity index (χ0n) is 8.20. The molecule has 11 heavy (non-hydrogen) atoms. The van der Waals surface area contributed by atoms with Crippen LogP contribution < -0.4 is 0 Å². The molecule has 0 aliphatic heterocycles. The van der Waals surface area contributed by atoms with Crippen molar-refractivity contribution >= 4 is 22.6 Å². The van der Waals surface area contributed by atoms with Gasteiger partial charge in [-0.15, -0.1) is 0 Å². The second kappa shape index (κ2) is 17.4. The van der Waals surface area contributed by atoms with Gasteiger partial charge in [-0.2, -0.15) is 6.42 Å². The normalized spacial score (nSPS) is 8.18. The number of hydrogen-bond donors (Lipinski definition) is 0. The molecule has 0 aliphatic carbocycles. The zero-order valence-corrected chi connectivity index (χ0v) is 13.3. The van der Waals surface area contributed by atoms with Gasteiger partial charge >= 0.3 is 0 Å². The minimum atomic E-state index is 0. The molecular formula is C9H20IZn-. The fourth-order valence-electron chi connectivity index (χ4n) is 0.250. The first kappa shape index (κ1) is 18.2. The minimum absolute atomic E-state index is 0. The standard InChI is InChI=1S/C5H11.C4H9I.Zn/c1-3-5-4-2;1-4(2)3-5;/h1,3-5H2,2H3;4H,3H2,1-2H3;/q-1;;. The molecule has 0 nitrogen and oxygen atoms in total. The topological polar surface area (TPSA) is 0 Å². The van der Waals surface area contributed by atoms with Crippen molar-refractivity contribution in [3.05, 3.63) is 6.92 Å². The van der Waals surface area contributed by atoms with Gasteiger partial charge in [-0.1, -0.05) is 56.2 Å². The first-order valence-electron chi connectivity index (χ1n) is 4.04. The quantitative estimate of drug-likeness (QED) is 0.318. The van der Waals surface area contributed by atoms with Crippen LogP contribution in [0.4, 0.5) is 0 Å². The van der Waals surface area contributed by atoms with Crippen molar-refractivity contribution in [3.8, 4) is 0 Å². The van der Waals surface area contributed by atoms with Crippen molar-refractivity contribution < 1.29 is 19.5 Å². The van der Waals surface area contributed by atoms with Gasteiger partial charge in [0.05, 0.1) is 0 Å². The van der Waals surface area contributed by atoms with Gasteiger partial charge in [0.15, 0.2) is 0 Å². The Morgan fingerprint density at radius 2 is 1.73 bits per heavy atom. The van der Waals surface area contributed by atoms with Gasteiger partial charge in [0.25, 0.3) is 0 Å². The fourth-order valence-corrected chi connectivity index (χ4v) is 0.250. The molecule has 0 aliphatic rings. The third kappa shape index (κ3) is 34.7. The molecule has 0 heterocycles. The summed E-state index contributed by atoms with van der Waals surface area (Å²) in [6.45, 7) is 10.3. The van der Waals surface area contributed by atoms with Gasteiger partial charge in [0.1, 0.15) is 0 Å². The molecule has 0 bridgehead atoms. The molecule has 0 unspecified atom stereocenters. The van der Waals surface area contributed by atoms with Crippen molar-refractivity contribution in [1.29, 1.82) is 0 Å². The summed E-state index contributed by atoms with van der Waals surface area (Å²) >= 11 is 2.38. The van der Waals surface area contributed by atoms with E-state index >= 15 is 0 Å². The molecule has 0 saturated heterocycles. The third-order valence-electron chi connectivity index (χ3n) is 0.912. The minimum Gasteiger partial charge on any atom is -0.343 e. The molecule has 0 atom stereocenters. The Balaban J connectivity index is -0.000000107. The van der Waals surface area contributed by atoms with Gasteiger partial charge in [-0.05, 0) is 5.92 Å². The molecule has 2 heteroatoms. The Kier molecular flexibility index (Phi) is 28.9. The summed E-state index contributed by atoms with van der Waals surface area (Å²) in [5.74, 6) is 0.871. The second-order valence-electron chi connectivity index (χ2n) is 2.76. The number of rotatable bonds is 3. The summed E-state index contributed by atoms with van der Waals surface area (Å²) in [5.41, 5.74) is 0. The number of hydrogen-bond acceptors (Lipinski definition) is 0. The molecular weight excluding hydrogens is 300 g/mol. The van der Waals surface area contributed by atoms with E-state index in [4.69, 9.17) is 0 Å². The van der Waals surface area contributed by atoms with Crippen LogP contribution in [0.5, 0.6) is 0 Å². The van der Waals surface area contributed by atoms with Crippen LogP contribution in [0.3, 0.4) is 0 Å². The fraction of sp³-hybridized carbons (Fsp3) is 0.889. The summed E-state index contributed by atoms with van der Waals surface area (Å²) < 4.78 is 1.28. The van der Waals surface area contributed by atoms with E-state index in [0.717, 1.165) is 12.3 Å². The van der Waals surface area contributed by atoms with Crippen LogP contribution in [0.25, 0.3) is 0 Å². The van der Waals surface area contributed by atoms with Gasteiger partial charge in [0, 0.05) is 23.9 Å². The van der Waals surface area contributed by atoms with Crippen molar-refractivity contribution in [2.45, 2.75) is 40.0 Å². The Hall–Kier alpha value is 1.35. The van der Waals surface area contributed by atoms with Crippen LogP contribution in [0.15, 0.2) is 0 Å². The summed E-state index contributed by atoms with van der Waals surface area (Å²) in [7, 11) is 0. The smallest absolute Gasteiger partial charge is 0.00184 e. The van der Waals surface area contributed by atoms with Crippen molar-refractivity contribution in [1.82, 2.24) is 0 Å². The third-order valence-corrected chi connectivity index (χ3v) is 2.67. The van der Waals surface area contributed by atoms with E-state index in [-0.39, 0.29) is 19.5 Å². The van der Waals surface area contributed by atoms with E-state index in [2.05, 4.69) is 50.3 Å². The molecule has 0 N–H and O–H groups in total. The number of alkyl halides is 1. The summed E-state index contributed by atoms with van der Waals surface area (Å²) in [6, 6.07) is 0. The maximum atomic E-state index is 3.68. The average Bonchev–Trinajstić information content (AvgIpc) is 1.91. The summed E-state index contributed by atoms with van der Waals surface area (Å²) in [5, 5.41) is 0. The predicted octanol–water partition coefficient (Wildman–Crippen LogP) is 4.09. The van der Waals surface area contributed by atoms with Gasteiger partial charge in [-0.3, -0.25) is 0 Å². The molecule has 0 aromatic carbocycles. The number of halogens is 1. The van der Waals surface area contributed by atoms with E-state index in [0.29, 0.717) is 0 Å². The SMILES string of the molecule is CC(C)CI.[CH2-]CCCC.[Zn]. The van der Waals surface area contributed by atoms with Crippen LogP contribution in [-0.2, 0) is 19.5 Å². The predicted molar refractivity (Wildman–Crippen MR) is 58.6 cm³/mol. The van der Waals surface area contributed by atoms with Gasteiger partial charge < -0.3 is 6.92 Å². The Labute approximate surface area is 98.8 Å². The van der Waals surface area contributed by atoms with E-state index in [1.54, 1.807) is 0 Å². The van der Waals surface area contributed by atoms with Crippen LogP contribution in [-0.4, -0.2) is 4.43 Å². The molecule has 0 spiro atoms. The monoisotopic (exact) mass is 319 g/mol. The summed E-state index contributed by atoms with van der Waals surface area (Å²) in [4.78, 5) is 0. The average molecular weight is 321 g/mol. The second-order valence-corrected chi connectivity index (χ2v) is 3.64. The summed E-state index contributed by atoms with van der Waals surface area (Å²) in [6.07, 6.45) is 3.65. The molecule has 0 fully saturated rings. The molecule has 0 saturated carbocycles. The van der Waals surface area contributed by atoms with Crippen LogP contribution in [0.2, 0.25) is 0 Å². The van der Waals surface area contributed by atoms with E-state index < -0.39 is 0 Å². The maximum Gasteiger partial charge on any atom is 0.00184 e. The Morgan fingerprint density at radius 3 is 1.73 bits per heavy atom. The van der Waals surface area contributed by atoms with Crippen LogP contribution in [0.1, 0.15) is 40.0 Å². The van der Waals surface area contributed by atoms with Crippen LogP contribution in [0, 0.1) is 12.8 Å². The Morgan fingerprint density at radius 1 is 1.36 bits per heavy atom. The molecule has 66 valence electrons.